The molecule has 0 amide bonds. The summed E-state index contributed by atoms with van der Waals surface area (Å²) in [6.07, 6.45) is 0. The minimum absolute atomic E-state index is 0.253. The van der Waals surface area contributed by atoms with Crippen LogP contribution in [-0.2, 0) is 0 Å². The third-order valence-corrected chi connectivity index (χ3v) is 3.68. The van der Waals surface area contributed by atoms with E-state index in [9.17, 15) is 4.79 Å². The summed E-state index contributed by atoms with van der Waals surface area (Å²) in [6, 6.07) is 6.64. The van der Waals surface area contributed by atoms with Gasteiger partial charge in [0.15, 0.2) is 11.5 Å². The summed E-state index contributed by atoms with van der Waals surface area (Å²) in [6.45, 7) is 0. The maximum atomic E-state index is 13.0. The number of methoxy groups -OCH3 is 4. The van der Waals surface area contributed by atoms with E-state index in [2.05, 4.69) is 0 Å². The predicted molar refractivity (Wildman–Crippen MR) is 86.2 cm³/mol. The van der Waals surface area contributed by atoms with Crippen LogP contribution in [0.3, 0.4) is 0 Å². The van der Waals surface area contributed by atoms with Gasteiger partial charge in [0.2, 0.25) is 5.43 Å². The van der Waals surface area contributed by atoms with Crippen molar-refractivity contribution in [3.8, 4) is 23.0 Å². The van der Waals surface area contributed by atoms with E-state index in [-0.39, 0.29) is 5.43 Å². The van der Waals surface area contributed by atoms with Crippen molar-refractivity contribution in [3.05, 3.63) is 34.5 Å². The first kappa shape index (κ1) is 15.0. The number of ether oxygens (including phenoxy) is 4. The molecule has 6 nitrogen and oxygen atoms in total. The molecule has 0 aliphatic carbocycles. The lowest BCUT2D eigenvalue weighted by atomic mass is 10.1. The molecule has 1 aromatic heterocycles. The molecule has 0 spiro atoms. The van der Waals surface area contributed by atoms with Gasteiger partial charge in [-0.1, -0.05) is 0 Å². The molecule has 0 bridgehead atoms. The minimum Gasteiger partial charge on any atom is -0.496 e. The Kier molecular flexibility index (Phi) is 3.73. The largest absolute Gasteiger partial charge is 0.496 e. The zero-order valence-corrected chi connectivity index (χ0v) is 13.3. The smallest absolute Gasteiger partial charge is 0.208 e. The molecule has 0 aliphatic heterocycles. The number of hydrogen-bond donors (Lipinski definition) is 0. The van der Waals surface area contributed by atoms with Crippen LogP contribution in [0.25, 0.3) is 21.9 Å². The molecule has 1 heterocycles. The Morgan fingerprint density at radius 1 is 0.783 bits per heavy atom. The van der Waals surface area contributed by atoms with E-state index in [1.54, 1.807) is 24.3 Å². The highest BCUT2D eigenvalue weighted by molar-refractivity contribution is 5.97. The normalized spacial score (nSPS) is 10.8. The van der Waals surface area contributed by atoms with Gasteiger partial charge in [0.05, 0.1) is 28.4 Å². The Morgan fingerprint density at radius 3 is 2.13 bits per heavy atom. The second-order valence-corrected chi connectivity index (χ2v) is 4.81. The Hall–Kier alpha value is -2.89. The number of rotatable bonds is 4. The lowest BCUT2D eigenvalue weighted by molar-refractivity contribution is 0.358. The van der Waals surface area contributed by atoms with Gasteiger partial charge in [-0.05, 0) is 12.1 Å². The molecule has 3 aromatic rings. The molecular weight excluding hydrogens is 300 g/mol. The van der Waals surface area contributed by atoms with Crippen molar-refractivity contribution in [2.24, 2.45) is 0 Å². The van der Waals surface area contributed by atoms with E-state index in [4.69, 9.17) is 23.4 Å². The van der Waals surface area contributed by atoms with Gasteiger partial charge in [-0.2, -0.15) is 0 Å². The molecule has 2 aromatic carbocycles. The Labute approximate surface area is 132 Å². The van der Waals surface area contributed by atoms with E-state index in [1.165, 1.54) is 28.4 Å². The minimum atomic E-state index is -0.253. The standard InChI is InChI=1S/C17H16O6/c1-19-9-7-12(21-3)14-13(8-9)23-10-5-6-11(20-2)17(22-4)15(10)16(14)18/h5-8H,1-4H3. The summed E-state index contributed by atoms with van der Waals surface area (Å²) in [4.78, 5) is 13.0. The molecule has 0 atom stereocenters. The average Bonchev–Trinajstić information content (AvgIpc) is 2.59. The first-order valence-electron chi connectivity index (χ1n) is 6.88. The van der Waals surface area contributed by atoms with Crippen molar-refractivity contribution in [1.29, 1.82) is 0 Å². The maximum Gasteiger partial charge on any atom is 0.208 e. The third-order valence-electron chi connectivity index (χ3n) is 3.68. The fraction of sp³-hybridized carbons (Fsp3) is 0.235. The van der Waals surface area contributed by atoms with Crippen molar-refractivity contribution in [2.45, 2.75) is 0 Å². The van der Waals surface area contributed by atoms with Crippen molar-refractivity contribution in [2.75, 3.05) is 28.4 Å². The molecule has 0 saturated carbocycles. The van der Waals surface area contributed by atoms with Crippen LogP contribution in [0.2, 0.25) is 0 Å². The molecule has 0 N–H and O–H groups in total. The van der Waals surface area contributed by atoms with E-state index in [0.717, 1.165) is 0 Å². The zero-order chi connectivity index (χ0) is 16.6. The summed E-state index contributed by atoms with van der Waals surface area (Å²) < 4.78 is 27.0. The fourth-order valence-corrected chi connectivity index (χ4v) is 2.60. The lowest BCUT2D eigenvalue weighted by Crippen LogP contribution is -2.07. The maximum absolute atomic E-state index is 13.0. The van der Waals surface area contributed by atoms with Crippen LogP contribution in [-0.4, -0.2) is 28.4 Å². The highest BCUT2D eigenvalue weighted by Crippen LogP contribution is 2.37. The van der Waals surface area contributed by atoms with Gasteiger partial charge in [-0.3, -0.25) is 4.79 Å². The van der Waals surface area contributed by atoms with Crippen LogP contribution in [0.4, 0.5) is 0 Å². The zero-order valence-electron chi connectivity index (χ0n) is 13.3. The second-order valence-electron chi connectivity index (χ2n) is 4.81. The molecule has 0 unspecified atom stereocenters. The highest BCUT2D eigenvalue weighted by Gasteiger charge is 2.19. The van der Waals surface area contributed by atoms with Gasteiger partial charge in [0.1, 0.15) is 33.4 Å². The SMILES string of the molecule is COc1cc(OC)c2c(=O)c3c(OC)c(OC)ccc3oc2c1. The first-order chi connectivity index (χ1) is 11.1. The Balaban J connectivity index is 2.53. The van der Waals surface area contributed by atoms with Gasteiger partial charge in [-0.15, -0.1) is 0 Å². The van der Waals surface area contributed by atoms with Gasteiger partial charge >= 0.3 is 0 Å². The summed E-state index contributed by atoms with van der Waals surface area (Å²) >= 11 is 0. The van der Waals surface area contributed by atoms with E-state index >= 15 is 0 Å². The number of fused-ring (bicyclic) bond motifs is 2. The van der Waals surface area contributed by atoms with Gasteiger partial charge in [0, 0.05) is 12.1 Å². The lowest BCUT2D eigenvalue weighted by Gasteiger charge is -2.12. The summed E-state index contributed by atoms with van der Waals surface area (Å²) in [5, 5.41) is 0.634. The molecule has 23 heavy (non-hydrogen) atoms. The van der Waals surface area contributed by atoms with Crippen LogP contribution in [0.5, 0.6) is 23.0 Å². The molecule has 3 rings (SSSR count). The first-order valence-corrected chi connectivity index (χ1v) is 6.88. The molecule has 0 aliphatic rings. The van der Waals surface area contributed by atoms with Crippen molar-refractivity contribution in [3.63, 3.8) is 0 Å². The Bertz CT molecular complexity index is 941. The van der Waals surface area contributed by atoms with E-state index in [1.807, 2.05) is 0 Å². The van der Waals surface area contributed by atoms with Crippen molar-refractivity contribution < 1.29 is 23.4 Å². The van der Waals surface area contributed by atoms with Crippen LogP contribution in [0, 0.1) is 0 Å². The Morgan fingerprint density at radius 2 is 1.52 bits per heavy atom. The average molecular weight is 316 g/mol. The van der Waals surface area contributed by atoms with Gasteiger partial charge in [-0.25, -0.2) is 0 Å². The molecule has 0 saturated heterocycles. The van der Waals surface area contributed by atoms with Crippen LogP contribution in [0.15, 0.2) is 33.5 Å². The molecule has 120 valence electrons. The quantitative estimate of drug-likeness (QED) is 0.689. The monoisotopic (exact) mass is 316 g/mol. The molecular formula is C17H16O6. The van der Waals surface area contributed by atoms with Gasteiger partial charge < -0.3 is 23.4 Å². The third kappa shape index (κ3) is 2.23. The van der Waals surface area contributed by atoms with Crippen LogP contribution in [0.1, 0.15) is 0 Å². The summed E-state index contributed by atoms with van der Waals surface area (Å²) in [5.74, 6) is 1.70. The van der Waals surface area contributed by atoms with Gasteiger partial charge in [0.25, 0.3) is 0 Å². The van der Waals surface area contributed by atoms with E-state index in [0.29, 0.717) is 44.9 Å². The van der Waals surface area contributed by atoms with Crippen LogP contribution >= 0.6 is 0 Å². The summed E-state index contributed by atoms with van der Waals surface area (Å²) in [5.41, 5.74) is 0.526. The van der Waals surface area contributed by atoms with Crippen molar-refractivity contribution in [1.82, 2.24) is 0 Å². The molecule has 6 heteroatoms. The number of benzene rings is 2. The topological polar surface area (TPSA) is 67.1 Å². The molecule has 0 radical (unpaired) electrons. The van der Waals surface area contributed by atoms with Crippen LogP contribution < -0.4 is 24.4 Å². The van der Waals surface area contributed by atoms with Crippen molar-refractivity contribution >= 4 is 21.9 Å². The molecule has 0 fully saturated rings. The number of hydrogen-bond acceptors (Lipinski definition) is 6. The fourth-order valence-electron chi connectivity index (χ4n) is 2.60. The second kappa shape index (κ2) is 5.72. The predicted octanol–water partition coefficient (Wildman–Crippen LogP) is 2.98. The summed E-state index contributed by atoms with van der Waals surface area (Å²) in [7, 11) is 6.01. The highest BCUT2D eigenvalue weighted by atomic mass is 16.5. The van der Waals surface area contributed by atoms with E-state index < -0.39 is 0 Å².